The van der Waals surface area contributed by atoms with Crippen molar-refractivity contribution < 1.29 is 18.3 Å². The first kappa shape index (κ1) is 12.6. The highest BCUT2D eigenvalue weighted by Gasteiger charge is 2.56. The highest BCUT2D eigenvalue weighted by molar-refractivity contribution is 7.89. The molecule has 0 amide bonds. The molecule has 1 aromatic rings. The first-order valence-electron chi connectivity index (χ1n) is 6.20. The Hall–Kier alpha value is -1.40. The van der Waals surface area contributed by atoms with E-state index in [1.807, 2.05) is 6.92 Å². The van der Waals surface area contributed by atoms with Crippen LogP contribution in [0.5, 0.6) is 0 Å². The van der Waals surface area contributed by atoms with Crippen molar-refractivity contribution in [1.82, 2.24) is 4.31 Å². The number of benzene rings is 1. The monoisotopic (exact) mass is 280 g/mol. The van der Waals surface area contributed by atoms with Crippen LogP contribution in [0.3, 0.4) is 0 Å². The van der Waals surface area contributed by atoms with Gasteiger partial charge in [-0.25, -0.2) is 8.42 Å². The lowest BCUT2D eigenvalue weighted by atomic mass is 10.2. The van der Waals surface area contributed by atoms with Crippen LogP contribution in [0.15, 0.2) is 29.2 Å². The van der Waals surface area contributed by atoms with Gasteiger partial charge in [0.25, 0.3) is 0 Å². The molecule has 1 aliphatic heterocycles. The quantitative estimate of drug-likeness (QED) is 0.765. The van der Waals surface area contributed by atoms with Gasteiger partial charge < -0.3 is 9.90 Å². The summed E-state index contributed by atoms with van der Waals surface area (Å²) in [6.45, 7) is 2.16. The van der Waals surface area contributed by atoms with E-state index < -0.39 is 22.0 Å². The molecule has 1 saturated carbocycles. The van der Waals surface area contributed by atoms with Gasteiger partial charge in [-0.3, -0.25) is 0 Å². The molecule has 0 radical (unpaired) electrons. The molecule has 1 saturated heterocycles. The van der Waals surface area contributed by atoms with E-state index in [-0.39, 0.29) is 16.7 Å². The average molecular weight is 280 g/mol. The molecule has 1 aromatic carbocycles. The van der Waals surface area contributed by atoms with E-state index in [0.717, 1.165) is 16.3 Å². The minimum Gasteiger partial charge on any atom is -0.548 e. The Morgan fingerprint density at radius 2 is 1.95 bits per heavy atom. The van der Waals surface area contributed by atoms with Crippen molar-refractivity contribution in [2.45, 2.75) is 24.3 Å². The lowest BCUT2D eigenvalue weighted by molar-refractivity contribution is -0.310. The molecule has 2 fully saturated rings. The smallest absolute Gasteiger partial charge is 0.243 e. The number of carbonyl (C=O) groups excluding carboxylic acids is 1. The van der Waals surface area contributed by atoms with Gasteiger partial charge >= 0.3 is 0 Å². The molecule has 2 aliphatic rings. The van der Waals surface area contributed by atoms with Gasteiger partial charge in [-0.2, -0.15) is 4.31 Å². The van der Waals surface area contributed by atoms with E-state index in [0.29, 0.717) is 6.54 Å². The van der Waals surface area contributed by atoms with Gasteiger partial charge in [-0.05, 0) is 37.3 Å². The third-order valence-corrected chi connectivity index (χ3v) is 5.84. The van der Waals surface area contributed by atoms with E-state index >= 15 is 0 Å². The van der Waals surface area contributed by atoms with E-state index in [4.69, 9.17) is 0 Å². The molecule has 0 unspecified atom stereocenters. The lowest BCUT2D eigenvalue weighted by Crippen LogP contribution is -2.49. The molecule has 19 heavy (non-hydrogen) atoms. The fraction of sp³-hybridized carbons (Fsp3) is 0.462. The van der Waals surface area contributed by atoms with Crippen molar-refractivity contribution in [2.24, 2.45) is 11.8 Å². The fourth-order valence-corrected chi connectivity index (χ4v) is 4.49. The molecule has 0 N–H and O–H groups in total. The maximum Gasteiger partial charge on any atom is 0.243 e. The molecular formula is C13H14NO4S-. The highest BCUT2D eigenvalue weighted by atomic mass is 32.2. The van der Waals surface area contributed by atoms with Crippen molar-refractivity contribution in [2.75, 3.05) is 6.54 Å². The summed E-state index contributed by atoms with van der Waals surface area (Å²) in [7, 11) is -3.74. The predicted octanol–water partition coefficient (Wildman–Crippen LogP) is -0.246. The molecule has 1 aliphatic carbocycles. The second kappa shape index (κ2) is 4.05. The van der Waals surface area contributed by atoms with Gasteiger partial charge in [0.05, 0.1) is 16.9 Å². The highest BCUT2D eigenvalue weighted by Crippen LogP contribution is 2.50. The second-order valence-electron chi connectivity index (χ2n) is 5.31. The first-order chi connectivity index (χ1) is 8.91. The van der Waals surface area contributed by atoms with Crippen LogP contribution in [-0.4, -0.2) is 31.3 Å². The van der Waals surface area contributed by atoms with Gasteiger partial charge in [-0.1, -0.05) is 17.7 Å². The van der Waals surface area contributed by atoms with Crippen molar-refractivity contribution in [3.05, 3.63) is 29.8 Å². The summed E-state index contributed by atoms with van der Waals surface area (Å²) in [5.41, 5.74) is 0.958. The third-order valence-electron chi connectivity index (χ3n) is 3.98. The number of rotatable bonds is 3. The number of carbonyl (C=O) groups is 1. The summed E-state index contributed by atoms with van der Waals surface area (Å²) in [6, 6.07) is 5.44. The number of hydrogen-bond acceptors (Lipinski definition) is 4. The Balaban J connectivity index is 1.96. The second-order valence-corrected chi connectivity index (χ2v) is 7.20. The minimum atomic E-state index is -3.74. The number of fused-ring (bicyclic) bond motifs is 1. The van der Waals surface area contributed by atoms with Crippen molar-refractivity contribution >= 4 is 16.0 Å². The van der Waals surface area contributed by atoms with Crippen LogP contribution in [0, 0.1) is 18.8 Å². The molecule has 0 spiro atoms. The Bertz CT molecular complexity index is 623. The number of piperidine rings is 1. The topological polar surface area (TPSA) is 77.5 Å². The van der Waals surface area contributed by atoms with E-state index in [1.165, 1.54) is 12.1 Å². The molecule has 6 heteroatoms. The van der Waals surface area contributed by atoms with Crippen molar-refractivity contribution in [1.29, 1.82) is 0 Å². The zero-order valence-electron chi connectivity index (χ0n) is 10.4. The fourth-order valence-electron chi connectivity index (χ4n) is 2.81. The van der Waals surface area contributed by atoms with Crippen molar-refractivity contribution in [3.63, 3.8) is 0 Å². The summed E-state index contributed by atoms with van der Waals surface area (Å²) >= 11 is 0. The Morgan fingerprint density at radius 3 is 2.53 bits per heavy atom. The number of aliphatic carboxylic acids is 1. The third kappa shape index (κ3) is 1.95. The molecular weight excluding hydrogens is 266 g/mol. The van der Waals surface area contributed by atoms with Gasteiger partial charge in [0.2, 0.25) is 10.0 Å². The van der Waals surface area contributed by atoms with Crippen LogP contribution in [0.25, 0.3) is 0 Å². The van der Waals surface area contributed by atoms with E-state index in [2.05, 4.69) is 0 Å². The normalized spacial score (nSPS) is 30.1. The zero-order valence-corrected chi connectivity index (χ0v) is 11.3. The maximum atomic E-state index is 12.5. The molecule has 102 valence electrons. The summed E-state index contributed by atoms with van der Waals surface area (Å²) in [5, 5.41) is 11.2. The molecule has 5 nitrogen and oxygen atoms in total. The summed E-state index contributed by atoms with van der Waals surface area (Å²) < 4.78 is 26.0. The number of aryl methyl sites for hydroxylation is 1. The van der Waals surface area contributed by atoms with Gasteiger partial charge in [-0.15, -0.1) is 0 Å². The molecule has 0 aromatic heterocycles. The average Bonchev–Trinajstić information content (AvgIpc) is 2.99. The number of carboxylic acids is 1. The zero-order chi connectivity index (χ0) is 13.8. The van der Waals surface area contributed by atoms with Gasteiger partial charge in [0, 0.05) is 6.54 Å². The predicted molar refractivity (Wildman–Crippen MR) is 65.5 cm³/mol. The van der Waals surface area contributed by atoms with E-state index in [9.17, 15) is 18.3 Å². The van der Waals surface area contributed by atoms with Gasteiger partial charge in [0.1, 0.15) is 0 Å². The summed E-state index contributed by atoms with van der Waals surface area (Å²) in [4.78, 5) is 11.3. The Kier molecular flexibility index (Phi) is 2.69. The number of sulfonamides is 1. The molecule has 3 atom stereocenters. The Labute approximate surface area is 111 Å². The molecule has 3 rings (SSSR count). The standard InChI is InChI=1S/C13H15NO4S/c1-8-2-4-10(5-3-8)19(17,18)14-7-9-6-11(9)12(14)13(15)16/h2-5,9,11-12H,6-7H2,1H3,(H,15,16)/p-1/t9-,11-,12+/m0/s1. The Morgan fingerprint density at radius 1 is 1.32 bits per heavy atom. The maximum absolute atomic E-state index is 12.5. The van der Waals surface area contributed by atoms with Crippen LogP contribution in [0.4, 0.5) is 0 Å². The largest absolute Gasteiger partial charge is 0.548 e. The number of carboxylic acid groups (broad SMARTS) is 1. The summed E-state index contributed by atoms with van der Waals surface area (Å²) in [6.07, 6.45) is 0.790. The van der Waals surface area contributed by atoms with Crippen LogP contribution in [-0.2, 0) is 14.8 Å². The van der Waals surface area contributed by atoms with Crippen LogP contribution < -0.4 is 5.11 Å². The van der Waals surface area contributed by atoms with Crippen LogP contribution in [0.1, 0.15) is 12.0 Å². The number of nitrogens with zero attached hydrogens (tertiary/aromatic N) is 1. The van der Waals surface area contributed by atoms with Crippen molar-refractivity contribution in [3.8, 4) is 0 Å². The first-order valence-corrected chi connectivity index (χ1v) is 7.64. The molecule has 1 heterocycles. The summed E-state index contributed by atoms with van der Waals surface area (Å²) in [5.74, 6) is -1.17. The SMILES string of the molecule is Cc1ccc(S(=O)(=O)N2C[C@@H]3C[C@@H]3[C@@H]2C(=O)[O-])cc1. The lowest BCUT2D eigenvalue weighted by Gasteiger charge is -2.27. The van der Waals surface area contributed by atoms with Gasteiger partial charge in [0.15, 0.2) is 0 Å². The van der Waals surface area contributed by atoms with Crippen LogP contribution in [0.2, 0.25) is 0 Å². The number of hydrogen-bond donors (Lipinski definition) is 0. The minimum absolute atomic E-state index is 0.0646. The van der Waals surface area contributed by atoms with Crippen LogP contribution >= 0.6 is 0 Å². The van der Waals surface area contributed by atoms with E-state index in [1.54, 1.807) is 12.1 Å². The molecule has 0 bridgehead atoms.